The number of rotatable bonds is 5. The summed E-state index contributed by atoms with van der Waals surface area (Å²) in [5.41, 5.74) is 0.227. The molecule has 2 amide bonds. The van der Waals surface area contributed by atoms with Crippen LogP contribution in [0.1, 0.15) is 71.5 Å². The summed E-state index contributed by atoms with van der Waals surface area (Å²) < 4.78 is 5.51. The number of nitrogens with zero attached hydrogens (tertiary/aromatic N) is 1. The molecule has 3 fully saturated rings. The van der Waals surface area contributed by atoms with Crippen molar-refractivity contribution >= 4 is 11.8 Å². The predicted molar refractivity (Wildman–Crippen MR) is 103 cm³/mol. The van der Waals surface area contributed by atoms with Gasteiger partial charge in [0.1, 0.15) is 5.76 Å². The van der Waals surface area contributed by atoms with Gasteiger partial charge in [0, 0.05) is 37.4 Å². The third kappa shape index (κ3) is 3.78. The highest BCUT2D eigenvalue weighted by Crippen LogP contribution is 2.52. The van der Waals surface area contributed by atoms with E-state index in [4.69, 9.17) is 4.42 Å². The van der Waals surface area contributed by atoms with Crippen LogP contribution in [0.25, 0.3) is 0 Å². The molecule has 1 aromatic heterocycles. The van der Waals surface area contributed by atoms with Gasteiger partial charge in [-0.15, -0.1) is 0 Å². The van der Waals surface area contributed by atoms with E-state index in [2.05, 4.69) is 31.0 Å². The van der Waals surface area contributed by atoms with Crippen LogP contribution in [0, 0.1) is 10.8 Å². The number of hydrogen-bond acceptors (Lipinski definition) is 3. The molecular weight excluding hydrogens is 340 g/mol. The molecule has 0 spiro atoms. The molecule has 5 heteroatoms. The third-order valence-corrected chi connectivity index (χ3v) is 6.88. The minimum Gasteiger partial charge on any atom is -0.469 e. The first-order valence-corrected chi connectivity index (χ1v) is 10.3. The van der Waals surface area contributed by atoms with Gasteiger partial charge >= 0.3 is 0 Å². The average Bonchev–Trinajstić information content (AvgIpc) is 3.24. The van der Waals surface area contributed by atoms with Crippen molar-refractivity contribution in [3.63, 3.8) is 0 Å². The topological polar surface area (TPSA) is 62.6 Å². The molecule has 1 N–H and O–H groups in total. The molecule has 1 aliphatic carbocycles. The Morgan fingerprint density at radius 3 is 2.81 bits per heavy atom. The first-order chi connectivity index (χ1) is 12.7. The zero-order valence-electron chi connectivity index (χ0n) is 16.8. The van der Waals surface area contributed by atoms with E-state index >= 15 is 0 Å². The molecule has 2 bridgehead atoms. The van der Waals surface area contributed by atoms with E-state index in [-0.39, 0.29) is 22.8 Å². The van der Waals surface area contributed by atoms with Crippen LogP contribution in [0.15, 0.2) is 22.8 Å². The fraction of sp³-hybridized carbons (Fsp3) is 0.727. The van der Waals surface area contributed by atoms with Gasteiger partial charge in [-0.05, 0) is 55.1 Å². The summed E-state index contributed by atoms with van der Waals surface area (Å²) >= 11 is 0. The van der Waals surface area contributed by atoms with Crippen molar-refractivity contribution in [3.8, 4) is 0 Å². The maximum absolute atomic E-state index is 13.1. The molecule has 1 aromatic rings. The van der Waals surface area contributed by atoms with Crippen molar-refractivity contribution in [1.82, 2.24) is 10.2 Å². The Morgan fingerprint density at radius 2 is 2.15 bits per heavy atom. The lowest BCUT2D eigenvalue weighted by molar-refractivity contribution is -0.133. The van der Waals surface area contributed by atoms with E-state index in [0.717, 1.165) is 31.6 Å². The van der Waals surface area contributed by atoms with Gasteiger partial charge in [0.25, 0.3) is 0 Å². The van der Waals surface area contributed by atoms with E-state index in [1.807, 2.05) is 12.1 Å². The molecule has 148 valence electrons. The van der Waals surface area contributed by atoms with Gasteiger partial charge in [0.15, 0.2) is 0 Å². The van der Waals surface area contributed by atoms with E-state index < -0.39 is 0 Å². The molecule has 27 heavy (non-hydrogen) atoms. The molecule has 2 saturated heterocycles. The quantitative estimate of drug-likeness (QED) is 0.858. The standard InChI is InChI=1S/C22H32N2O3/c1-20(2)11-16-12-21(3,14-20)15-24(16)19(26)7-9-22(8-6-18(25)23-22)13-17-5-4-10-27-17/h4-5,10,16H,6-9,11-15H2,1-3H3,(H,23,25)/t16-,21-,22+/m1/s1. The molecule has 0 aromatic carbocycles. The van der Waals surface area contributed by atoms with E-state index in [0.29, 0.717) is 37.1 Å². The van der Waals surface area contributed by atoms with Crippen LogP contribution >= 0.6 is 0 Å². The zero-order valence-corrected chi connectivity index (χ0v) is 16.8. The molecule has 5 nitrogen and oxygen atoms in total. The number of carbonyl (C=O) groups is 2. The van der Waals surface area contributed by atoms with Crippen LogP contribution in [0.2, 0.25) is 0 Å². The van der Waals surface area contributed by atoms with Crippen molar-refractivity contribution in [2.45, 2.75) is 83.7 Å². The Kier molecular flexibility index (Phi) is 4.39. The van der Waals surface area contributed by atoms with Crippen molar-refractivity contribution in [2.75, 3.05) is 6.54 Å². The van der Waals surface area contributed by atoms with Gasteiger partial charge in [-0.3, -0.25) is 9.59 Å². The number of hydrogen-bond donors (Lipinski definition) is 1. The molecule has 0 radical (unpaired) electrons. The Morgan fingerprint density at radius 1 is 1.33 bits per heavy atom. The lowest BCUT2D eigenvalue weighted by Crippen LogP contribution is -2.45. The fourth-order valence-electron chi connectivity index (χ4n) is 6.17. The van der Waals surface area contributed by atoms with E-state index in [9.17, 15) is 9.59 Å². The number of fused-ring (bicyclic) bond motifs is 2. The Labute approximate surface area is 161 Å². The molecule has 1 saturated carbocycles. The zero-order chi connectivity index (χ0) is 19.3. The first kappa shape index (κ1) is 18.6. The predicted octanol–water partition coefficient (Wildman–Crippen LogP) is 3.68. The Hall–Kier alpha value is -1.78. The van der Waals surface area contributed by atoms with Crippen LogP contribution in [0.4, 0.5) is 0 Å². The Bertz CT molecular complexity index is 726. The molecule has 3 atom stereocenters. The van der Waals surface area contributed by atoms with Gasteiger partial charge in [-0.2, -0.15) is 0 Å². The third-order valence-electron chi connectivity index (χ3n) is 6.88. The molecule has 0 unspecified atom stereocenters. The fourth-order valence-corrected chi connectivity index (χ4v) is 6.17. The van der Waals surface area contributed by atoms with Crippen LogP contribution in [-0.4, -0.2) is 34.8 Å². The minimum absolute atomic E-state index is 0.0836. The van der Waals surface area contributed by atoms with Gasteiger partial charge in [0.05, 0.1) is 6.26 Å². The SMILES string of the molecule is CC1(C)C[C@@H]2C[C@@](C)(CN2C(=O)CC[C@]2(Cc3ccco3)CCC(=O)N2)C1. The monoisotopic (exact) mass is 372 g/mol. The largest absolute Gasteiger partial charge is 0.469 e. The second-order valence-electron chi connectivity index (χ2n) is 10.3. The van der Waals surface area contributed by atoms with Crippen LogP contribution in [-0.2, 0) is 16.0 Å². The lowest BCUT2D eigenvalue weighted by Gasteiger charge is -2.39. The highest BCUT2D eigenvalue weighted by molar-refractivity contribution is 5.80. The van der Waals surface area contributed by atoms with E-state index in [1.54, 1.807) is 6.26 Å². The van der Waals surface area contributed by atoms with Crippen molar-refractivity contribution in [3.05, 3.63) is 24.2 Å². The molecular formula is C22H32N2O3. The Balaban J connectivity index is 1.42. The first-order valence-electron chi connectivity index (χ1n) is 10.3. The van der Waals surface area contributed by atoms with Crippen LogP contribution < -0.4 is 5.32 Å². The van der Waals surface area contributed by atoms with Crippen LogP contribution in [0.3, 0.4) is 0 Å². The average molecular weight is 373 g/mol. The van der Waals surface area contributed by atoms with Crippen molar-refractivity contribution in [2.24, 2.45) is 10.8 Å². The summed E-state index contributed by atoms with van der Waals surface area (Å²) in [4.78, 5) is 27.2. The second-order valence-corrected chi connectivity index (χ2v) is 10.3. The highest BCUT2D eigenvalue weighted by atomic mass is 16.3. The summed E-state index contributed by atoms with van der Waals surface area (Å²) in [6.07, 6.45) is 8.24. The summed E-state index contributed by atoms with van der Waals surface area (Å²) in [6.45, 7) is 7.89. The summed E-state index contributed by atoms with van der Waals surface area (Å²) in [7, 11) is 0. The minimum atomic E-state index is -0.345. The number of carbonyl (C=O) groups excluding carboxylic acids is 2. The molecule has 3 aliphatic rings. The van der Waals surface area contributed by atoms with Gasteiger partial charge in [0.2, 0.25) is 11.8 Å². The van der Waals surface area contributed by atoms with Gasteiger partial charge < -0.3 is 14.6 Å². The number of likely N-dealkylation sites (tertiary alicyclic amines) is 1. The number of amides is 2. The van der Waals surface area contributed by atoms with Crippen molar-refractivity contribution < 1.29 is 14.0 Å². The van der Waals surface area contributed by atoms with Crippen molar-refractivity contribution in [1.29, 1.82) is 0 Å². The van der Waals surface area contributed by atoms with Gasteiger partial charge in [-0.25, -0.2) is 0 Å². The lowest BCUT2D eigenvalue weighted by atomic mass is 9.65. The van der Waals surface area contributed by atoms with Crippen LogP contribution in [0.5, 0.6) is 0 Å². The molecule has 3 heterocycles. The summed E-state index contributed by atoms with van der Waals surface area (Å²) in [6, 6.07) is 4.20. The normalized spacial score (nSPS) is 34.7. The number of nitrogens with one attached hydrogen (secondary N) is 1. The smallest absolute Gasteiger partial charge is 0.222 e. The highest BCUT2D eigenvalue weighted by Gasteiger charge is 2.51. The molecule has 4 rings (SSSR count). The summed E-state index contributed by atoms with van der Waals surface area (Å²) in [5, 5.41) is 3.15. The maximum Gasteiger partial charge on any atom is 0.222 e. The maximum atomic E-state index is 13.1. The van der Waals surface area contributed by atoms with Gasteiger partial charge in [-0.1, -0.05) is 20.8 Å². The number of furan rings is 1. The summed E-state index contributed by atoms with van der Waals surface area (Å²) in [5.74, 6) is 1.21. The van der Waals surface area contributed by atoms with E-state index in [1.165, 1.54) is 6.42 Å². The molecule has 2 aliphatic heterocycles. The second kappa shape index (κ2) is 6.39.